The van der Waals surface area contributed by atoms with E-state index in [4.69, 9.17) is 16.6 Å². The number of piperazine rings is 1. The van der Waals surface area contributed by atoms with Crippen molar-refractivity contribution in [2.45, 2.75) is 19.4 Å². The molecular formula is C20H22ClN9O. The normalized spacial score (nSPS) is 15.5. The highest BCUT2D eigenvalue weighted by Crippen LogP contribution is 2.25. The summed E-state index contributed by atoms with van der Waals surface area (Å²) < 4.78 is 3.33. The van der Waals surface area contributed by atoms with Gasteiger partial charge in [0.25, 0.3) is 5.56 Å². The fourth-order valence-electron chi connectivity index (χ4n) is 3.92. The summed E-state index contributed by atoms with van der Waals surface area (Å²) in [6, 6.07) is 5.07. The second kappa shape index (κ2) is 8.12. The van der Waals surface area contributed by atoms with Crippen LogP contribution in [-0.4, -0.2) is 55.4 Å². The maximum atomic E-state index is 13.6. The van der Waals surface area contributed by atoms with E-state index in [-0.39, 0.29) is 11.6 Å². The molecule has 0 bridgehead atoms. The number of nitrogens with zero attached hydrogens (tertiary/aromatic N) is 7. The van der Waals surface area contributed by atoms with Gasteiger partial charge in [-0.3, -0.25) is 4.79 Å². The average Bonchev–Trinajstić information content (AvgIpc) is 3.27. The summed E-state index contributed by atoms with van der Waals surface area (Å²) in [5, 5.41) is 13.8. The molecule has 10 nitrogen and oxygen atoms in total. The van der Waals surface area contributed by atoms with E-state index < -0.39 is 0 Å². The lowest BCUT2D eigenvalue weighted by molar-refractivity contribution is 0.455. The molecule has 0 aliphatic carbocycles. The van der Waals surface area contributed by atoms with Gasteiger partial charge in [-0.2, -0.15) is 5.10 Å². The van der Waals surface area contributed by atoms with Crippen molar-refractivity contribution >= 4 is 34.0 Å². The Balaban J connectivity index is 1.67. The third-order valence-corrected chi connectivity index (χ3v) is 5.77. The molecule has 1 aliphatic rings. The quantitative estimate of drug-likeness (QED) is 0.483. The number of aromatic nitrogens is 6. The van der Waals surface area contributed by atoms with Crippen molar-refractivity contribution in [1.29, 1.82) is 0 Å². The Morgan fingerprint density at radius 1 is 1.26 bits per heavy atom. The van der Waals surface area contributed by atoms with Gasteiger partial charge in [0.2, 0.25) is 0 Å². The van der Waals surface area contributed by atoms with Crippen LogP contribution in [0, 0.1) is 0 Å². The third-order valence-electron chi connectivity index (χ3n) is 5.45. The van der Waals surface area contributed by atoms with E-state index in [0.29, 0.717) is 52.7 Å². The number of fused-ring (bicyclic) bond motifs is 2. The van der Waals surface area contributed by atoms with Gasteiger partial charge in [0, 0.05) is 38.6 Å². The number of imidazole rings is 1. The molecule has 31 heavy (non-hydrogen) atoms. The lowest BCUT2D eigenvalue weighted by Gasteiger charge is -2.34. The van der Waals surface area contributed by atoms with Crippen molar-refractivity contribution in [1.82, 2.24) is 34.6 Å². The largest absolute Gasteiger partial charge is 0.357 e. The SMILES string of the molecule is CCC(Nc1ncnn2ccnc12)c1nc2cccc(Cl)c2c(=O)n1N1CCNCC1. The highest BCUT2D eigenvalue weighted by molar-refractivity contribution is 6.35. The predicted octanol–water partition coefficient (Wildman–Crippen LogP) is 1.59. The highest BCUT2D eigenvalue weighted by atomic mass is 35.5. The molecule has 1 saturated heterocycles. The van der Waals surface area contributed by atoms with E-state index >= 15 is 0 Å². The lowest BCUT2D eigenvalue weighted by Crippen LogP contribution is -2.54. The molecule has 0 saturated carbocycles. The number of halogens is 1. The third kappa shape index (κ3) is 3.47. The highest BCUT2D eigenvalue weighted by Gasteiger charge is 2.25. The van der Waals surface area contributed by atoms with Crippen molar-refractivity contribution in [3.63, 3.8) is 0 Å². The van der Waals surface area contributed by atoms with E-state index in [1.165, 1.54) is 6.33 Å². The topological polar surface area (TPSA) is 105 Å². The standard InChI is InChI=1S/C20H22ClN9O/c1-2-14(26-17-19-23-8-11-29(19)25-12-24-17)18-27-15-5-3-4-13(21)16(15)20(31)30(18)28-9-6-22-7-10-28/h3-5,8,11-12,14,22H,2,6-7,9-10H2,1H3,(H,24,25,26). The Hall–Kier alpha value is -3.24. The zero-order valence-electron chi connectivity index (χ0n) is 17.0. The zero-order chi connectivity index (χ0) is 21.4. The van der Waals surface area contributed by atoms with Crippen molar-refractivity contribution in [2.75, 3.05) is 36.5 Å². The van der Waals surface area contributed by atoms with Crippen LogP contribution in [0.2, 0.25) is 5.02 Å². The molecule has 1 unspecified atom stereocenters. The van der Waals surface area contributed by atoms with E-state index in [1.54, 1.807) is 27.7 Å². The Morgan fingerprint density at radius 2 is 2.10 bits per heavy atom. The fraction of sp³-hybridized carbons (Fsp3) is 0.350. The van der Waals surface area contributed by atoms with Crippen LogP contribution < -0.4 is 21.2 Å². The van der Waals surface area contributed by atoms with Crippen LogP contribution in [-0.2, 0) is 0 Å². The summed E-state index contributed by atoms with van der Waals surface area (Å²) in [5.74, 6) is 1.20. The number of benzene rings is 1. The van der Waals surface area contributed by atoms with Crippen LogP contribution in [0.1, 0.15) is 25.2 Å². The predicted molar refractivity (Wildman–Crippen MR) is 119 cm³/mol. The Bertz CT molecular complexity index is 1300. The molecule has 1 fully saturated rings. The number of hydrogen-bond donors (Lipinski definition) is 2. The minimum absolute atomic E-state index is 0.165. The Labute approximate surface area is 182 Å². The second-order valence-electron chi connectivity index (χ2n) is 7.33. The summed E-state index contributed by atoms with van der Waals surface area (Å²) >= 11 is 6.39. The molecule has 1 atom stereocenters. The van der Waals surface area contributed by atoms with Gasteiger partial charge < -0.3 is 15.6 Å². The van der Waals surface area contributed by atoms with Gasteiger partial charge in [0.1, 0.15) is 6.33 Å². The molecule has 4 aromatic rings. The maximum absolute atomic E-state index is 13.6. The molecule has 4 heterocycles. The molecule has 2 N–H and O–H groups in total. The van der Waals surface area contributed by atoms with Crippen molar-refractivity contribution in [3.8, 4) is 0 Å². The lowest BCUT2D eigenvalue weighted by atomic mass is 10.1. The van der Waals surface area contributed by atoms with Crippen LogP contribution >= 0.6 is 11.6 Å². The molecule has 1 aliphatic heterocycles. The van der Waals surface area contributed by atoms with Gasteiger partial charge in [-0.15, -0.1) is 0 Å². The first-order valence-electron chi connectivity index (χ1n) is 10.3. The van der Waals surface area contributed by atoms with Gasteiger partial charge >= 0.3 is 0 Å². The average molecular weight is 440 g/mol. The molecule has 1 aromatic carbocycles. The summed E-state index contributed by atoms with van der Waals surface area (Å²) in [5.41, 5.74) is 1.02. The molecule has 160 valence electrons. The number of rotatable bonds is 5. The van der Waals surface area contributed by atoms with Gasteiger partial charge in [-0.25, -0.2) is 24.1 Å². The Kier molecular flexibility index (Phi) is 5.16. The molecule has 0 radical (unpaired) electrons. The maximum Gasteiger partial charge on any atom is 0.281 e. The number of hydrogen-bond acceptors (Lipinski definition) is 8. The summed E-state index contributed by atoms with van der Waals surface area (Å²) in [6.07, 6.45) is 5.58. The summed E-state index contributed by atoms with van der Waals surface area (Å²) in [4.78, 5) is 27.2. The van der Waals surface area contributed by atoms with E-state index in [2.05, 4.69) is 25.7 Å². The molecule has 0 amide bonds. The van der Waals surface area contributed by atoms with Crippen LogP contribution in [0.5, 0.6) is 0 Å². The molecular weight excluding hydrogens is 418 g/mol. The van der Waals surface area contributed by atoms with Gasteiger partial charge in [-0.05, 0) is 18.6 Å². The van der Waals surface area contributed by atoms with E-state index in [0.717, 1.165) is 13.1 Å². The molecule has 0 spiro atoms. The van der Waals surface area contributed by atoms with E-state index in [9.17, 15) is 4.79 Å². The van der Waals surface area contributed by atoms with Crippen LogP contribution in [0.15, 0.2) is 41.7 Å². The van der Waals surface area contributed by atoms with Crippen molar-refractivity contribution in [3.05, 3.63) is 58.1 Å². The molecule has 3 aromatic heterocycles. The van der Waals surface area contributed by atoms with E-state index in [1.807, 2.05) is 24.1 Å². The van der Waals surface area contributed by atoms with Gasteiger partial charge in [-0.1, -0.05) is 24.6 Å². The minimum Gasteiger partial charge on any atom is -0.357 e. The minimum atomic E-state index is -0.277. The monoisotopic (exact) mass is 439 g/mol. The smallest absolute Gasteiger partial charge is 0.281 e. The van der Waals surface area contributed by atoms with Crippen molar-refractivity contribution in [2.24, 2.45) is 0 Å². The number of nitrogens with one attached hydrogen (secondary N) is 2. The zero-order valence-corrected chi connectivity index (χ0v) is 17.7. The summed E-state index contributed by atoms with van der Waals surface area (Å²) in [6.45, 7) is 5.00. The van der Waals surface area contributed by atoms with Crippen LogP contribution in [0.4, 0.5) is 5.82 Å². The summed E-state index contributed by atoms with van der Waals surface area (Å²) in [7, 11) is 0. The van der Waals surface area contributed by atoms with Gasteiger partial charge in [0.05, 0.1) is 22.0 Å². The molecule has 5 rings (SSSR count). The van der Waals surface area contributed by atoms with Crippen LogP contribution in [0.25, 0.3) is 16.6 Å². The molecule has 11 heteroatoms. The number of anilines is 1. The first-order valence-corrected chi connectivity index (χ1v) is 10.6. The second-order valence-corrected chi connectivity index (χ2v) is 7.74. The first kappa shape index (κ1) is 19.7. The van der Waals surface area contributed by atoms with Gasteiger partial charge in [0.15, 0.2) is 17.3 Å². The first-order chi connectivity index (χ1) is 15.2. The van der Waals surface area contributed by atoms with Crippen LogP contribution in [0.3, 0.4) is 0 Å². The van der Waals surface area contributed by atoms with Crippen molar-refractivity contribution < 1.29 is 0 Å². The Morgan fingerprint density at radius 3 is 2.90 bits per heavy atom. The fourth-order valence-corrected chi connectivity index (χ4v) is 4.17.